The molecular formula is C14H13N3O7S. The van der Waals surface area contributed by atoms with E-state index >= 15 is 0 Å². The van der Waals surface area contributed by atoms with E-state index in [0.29, 0.717) is 17.4 Å². The number of aryl methyl sites for hydroxylation is 1. The zero-order valence-electron chi connectivity index (χ0n) is 13.1. The number of benzene rings is 2. The number of hydrogen-bond acceptors (Lipinski definition) is 7. The van der Waals surface area contributed by atoms with Gasteiger partial charge in [-0.25, -0.2) is 8.42 Å². The van der Waals surface area contributed by atoms with Crippen LogP contribution in [0, 0.1) is 27.2 Å². The molecule has 0 amide bonds. The molecule has 0 bridgehead atoms. The van der Waals surface area contributed by atoms with Crippen LogP contribution in [0.3, 0.4) is 0 Å². The van der Waals surface area contributed by atoms with Crippen molar-refractivity contribution in [1.29, 1.82) is 0 Å². The summed E-state index contributed by atoms with van der Waals surface area (Å²) in [5.74, 6) is 0.516. The van der Waals surface area contributed by atoms with Crippen molar-refractivity contribution in [2.75, 3.05) is 11.8 Å². The van der Waals surface area contributed by atoms with Crippen LogP contribution in [0.15, 0.2) is 41.3 Å². The number of nitro groups is 2. The molecule has 0 atom stereocenters. The van der Waals surface area contributed by atoms with E-state index in [1.807, 2.05) is 0 Å². The third kappa shape index (κ3) is 3.83. The molecule has 0 aromatic heterocycles. The number of nitro benzene ring substituents is 2. The molecule has 2 aromatic rings. The molecule has 0 radical (unpaired) electrons. The Morgan fingerprint density at radius 2 is 1.72 bits per heavy atom. The maximum Gasteiger partial charge on any atom is 0.296 e. The molecule has 0 unspecified atom stereocenters. The molecule has 11 heteroatoms. The minimum atomic E-state index is -4.33. The van der Waals surface area contributed by atoms with E-state index in [1.165, 1.54) is 19.2 Å². The number of hydrogen-bond donors (Lipinski definition) is 1. The molecule has 0 aliphatic heterocycles. The molecule has 0 aliphatic carbocycles. The van der Waals surface area contributed by atoms with Gasteiger partial charge in [0.2, 0.25) is 0 Å². The van der Waals surface area contributed by atoms with Gasteiger partial charge in [0.25, 0.3) is 21.4 Å². The highest BCUT2D eigenvalue weighted by Gasteiger charge is 2.29. The highest BCUT2D eigenvalue weighted by Crippen LogP contribution is 2.31. The zero-order valence-corrected chi connectivity index (χ0v) is 13.9. The molecule has 0 aliphatic rings. The van der Waals surface area contributed by atoms with E-state index in [2.05, 4.69) is 4.72 Å². The third-order valence-electron chi connectivity index (χ3n) is 3.32. The smallest absolute Gasteiger partial charge is 0.296 e. The van der Waals surface area contributed by atoms with E-state index < -0.39 is 36.1 Å². The van der Waals surface area contributed by atoms with Gasteiger partial charge < -0.3 is 4.74 Å². The number of anilines is 1. The Bertz CT molecular complexity index is 957. The van der Waals surface area contributed by atoms with Crippen molar-refractivity contribution in [1.82, 2.24) is 0 Å². The van der Waals surface area contributed by atoms with E-state index in [-0.39, 0.29) is 5.69 Å². The normalized spacial score (nSPS) is 11.0. The fourth-order valence-corrected chi connectivity index (χ4v) is 3.35. The standard InChI is InChI=1S/C14H13N3O7S/c1-9-7-11(24-2)4-5-12(9)15-25(22,23)14-6-3-10(16(18)19)8-13(14)17(20)21/h3-8,15H,1-2H3. The second-order valence-corrected chi connectivity index (χ2v) is 6.60. The summed E-state index contributed by atoms with van der Waals surface area (Å²) in [6.07, 6.45) is 0. The maximum absolute atomic E-state index is 12.5. The Labute approximate surface area is 142 Å². The summed E-state index contributed by atoms with van der Waals surface area (Å²) in [6, 6.07) is 6.88. The summed E-state index contributed by atoms with van der Waals surface area (Å²) in [4.78, 5) is 19.4. The van der Waals surface area contributed by atoms with Gasteiger partial charge >= 0.3 is 0 Å². The van der Waals surface area contributed by atoms with Crippen LogP contribution in [0.25, 0.3) is 0 Å². The SMILES string of the molecule is COc1ccc(NS(=O)(=O)c2ccc([N+](=O)[O-])cc2[N+](=O)[O-])c(C)c1. The summed E-state index contributed by atoms with van der Waals surface area (Å²) in [5, 5.41) is 21.9. The largest absolute Gasteiger partial charge is 0.497 e. The fraction of sp³-hybridized carbons (Fsp3) is 0.143. The maximum atomic E-state index is 12.5. The van der Waals surface area contributed by atoms with Crippen molar-refractivity contribution in [2.45, 2.75) is 11.8 Å². The minimum absolute atomic E-state index is 0.202. The van der Waals surface area contributed by atoms with Crippen molar-refractivity contribution in [3.05, 3.63) is 62.2 Å². The number of rotatable bonds is 6. The first-order chi connectivity index (χ1) is 11.7. The molecule has 0 spiro atoms. The van der Waals surface area contributed by atoms with E-state index in [9.17, 15) is 28.6 Å². The van der Waals surface area contributed by atoms with Crippen LogP contribution in [0.5, 0.6) is 5.75 Å². The average Bonchev–Trinajstić information content (AvgIpc) is 2.55. The predicted octanol–water partition coefficient (Wildman–Crippen LogP) is 2.62. The quantitative estimate of drug-likeness (QED) is 0.611. The van der Waals surface area contributed by atoms with Crippen LogP contribution < -0.4 is 9.46 Å². The lowest BCUT2D eigenvalue weighted by molar-refractivity contribution is -0.396. The molecule has 0 saturated carbocycles. The van der Waals surface area contributed by atoms with E-state index in [1.54, 1.807) is 13.0 Å². The second kappa shape index (κ2) is 6.73. The third-order valence-corrected chi connectivity index (χ3v) is 4.73. The van der Waals surface area contributed by atoms with Gasteiger partial charge in [-0.3, -0.25) is 25.0 Å². The van der Waals surface area contributed by atoms with Gasteiger partial charge in [0, 0.05) is 6.07 Å². The first-order valence-corrected chi connectivity index (χ1v) is 8.24. The number of nitrogens with one attached hydrogen (secondary N) is 1. The molecule has 10 nitrogen and oxygen atoms in total. The number of ether oxygens (including phenoxy) is 1. The molecule has 0 fully saturated rings. The monoisotopic (exact) mass is 367 g/mol. The average molecular weight is 367 g/mol. The number of non-ortho nitro benzene ring substituents is 1. The zero-order chi connectivity index (χ0) is 18.8. The summed E-state index contributed by atoms with van der Waals surface area (Å²) >= 11 is 0. The van der Waals surface area contributed by atoms with Gasteiger partial charge in [-0.2, -0.15) is 0 Å². The first kappa shape index (κ1) is 18.1. The summed E-state index contributed by atoms with van der Waals surface area (Å²) in [6.45, 7) is 1.63. The number of nitrogens with zero attached hydrogens (tertiary/aromatic N) is 2. The van der Waals surface area contributed by atoms with Crippen LogP contribution in [-0.2, 0) is 10.0 Å². The van der Waals surface area contributed by atoms with E-state index in [0.717, 1.165) is 12.1 Å². The van der Waals surface area contributed by atoms with Gasteiger partial charge in [0.15, 0.2) is 4.90 Å². The van der Waals surface area contributed by atoms with Gasteiger partial charge in [0.1, 0.15) is 5.75 Å². The molecular weight excluding hydrogens is 354 g/mol. The molecule has 2 rings (SSSR count). The van der Waals surface area contributed by atoms with Crippen LogP contribution in [0.1, 0.15) is 5.56 Å². The lowest BCUT2D eigenvalue weighted by Crippen LogP contribution is -2.15. The van der Waals surface area contributed by atoms with Gasteiger partial charge in [-0.15, -0.1) is 0 Å². The lowest BCUT2D eigenvalue weighted by atomic mass is 10.2. The fourth-order valence-electron chi connectivity index (χ4n) is 2.07. The Kier molecular flexibility index (Phi) is 4.88. The molecule has 132 valence electrons. The Morgan fingerprint density at radius 1 is 1.04 bits per heavy atom. The summed E-state index contributed by atoms with van der Waals surface area (Å²) in [7, 11) is -2.87. The van der Waals surface area contributed by atoms with Crippen molar-refractivity contribution in [2.24, 2.45) is 0 Å². The molecule has 2 aromatic carbocycles. The van der Waals surface area contributed by atoms with Crippen LogP contribution >= 0.6 is 0 Å². The summed E-state index contributed by atoms with van der Waals surface area (Å²) in [5.41, 5.74) is -0.722. The van der Waals surface area contributed by atoms with Crippen LogP contribution in [-0.4, -0.2) is 25.4 Å². The van der Waals surface area contributed by atoms with Crippen LogP contribution in [0.4, 0.5) is 17.1 Å². The van der Waals surface area contributed by atoms with Gasteiger partial charge in [0.05, 0.1) is 28.7 Å². The lowest BCUT2D eigenvalue weighted by Gasteiger charge is -2.11. The Morgan fingerprint density at radius 3 is 2.24 bits per heavy atom. The highest BCUT2D eigenvalue weighted by atomic mass is 32.2. The Balaban J connectivity index is 2.49. The molecule has 25 heavy (non-hydrogen) atoms. The van der Waals surface area contributed by atoms with Crippen molar-refractivity contribution in [3.63, 3.8) is 0 Å². The molecule has 0 saturated heterocycles. The topological polar surface area (TPSA) is 142 Å². The van der Waals surface area contributed by atoms with E-state index in [4.69, 9.17) is 4.74 Å². The number of sulfonamides is 1. The number of methoxy groups -OCH3 is 1. The van der Waals surface area contributed by atoms with Gasteiger partial charge in [-0.05, 0) is 36.8 Å². The minimum Gasteiger partial charge on any atom is -0.497 e. The second-order valence-electron chi connectivity index (χ2n) is 4.95. The van der Waals surface area contributed by atoms with Crippen molar-refractivity contribution in [3.8, 4) is 5.75 Å². The van der Waals surface area contributed by atoms with Crippen molar-refractivity contribution >= 4 is 27.1 Å². The highest BCUT2D eigenvalue weighted by molar-refractivity contribution is 7.92. The van der Waals surface area contributed by atoms with Crippen LogP contribution in [0.2, 0.25) is 0 Å². The van der Waals surface area contributed by atoms with Gasteiger partial charge in [-0.1, -0.05) is 0 Å². The molecule has 0 heterocycles. The Hall–Kier alpha value is -3.21. The molecule has 1 N–H and O–H groups in total. The summed E-state index contributed by atoms with van der Waals surface area (Å²) < 4.78 is 32.3. The van der Waals surface area contributed by atoms with Crippen molar-refractivity contribution < 1.29 is 23.0 Å². The first-order valence-electron chi connectivity index (χ1n) is 6.76. The predicted molar refractivity (Wildman–Crippen MR) is 88.3 cm³/mol.